The number of nitrogens with zero attached hydrogens (tertiary/aromatic N) is 2. The predicted molar refractivity (Wildman–Crippen MR) is 51.8 cm³/mol. The summed E-state index contributed by atoms with van der Waals surface area (Å²) in [4.78, 5) is 24.4. The molecule has 0 bridgehead atoms. The molecule has 7 heteroatoms. The summed E-state index contributed by atoms with van der Waals surface area (Å²) in [6.45, 7) is 1.44. The lowest BCUT2D eigenvalue weighted by Crippen LogP contribution is -2.14. The molecule has 0 spiro atoms. The highest BCUT2D eigenvalue weighted by Crippen LogP contribution is 2.27. The van der Waals surface area contributed by atoms with Crippen molar-refractivity contribution in [3.05, 3.63) is 32.0 Å². The predicted octanol–water partition coefficient (Wildman–Crippen LogP) is 1.16. The summed E-state index contributed by atoms with van der Waals surface area (Å²) in [5.74, 6) is -0.719. The van der Waals surface area contributed by atoms with Crippen molar-refractivity contribution >= 4 is 27.5 Å². The minimum absolute atomic E-state index is 0.0000231. The Labute approximate surface area is 87.4 Å². The van der Waals surface area contributed by atoms with Gasteiger partial charge in [-0.05, 0) is 28.9 Å². The number of aryl methyl sites for hydroxylation is 1. The summed E-state index contributed by atoms with van der Waals surface area (Å²) in [5.41, 5.74) is 4.98. The largest absolute Gasteiger partial charge is 0.364 e. The zero-order chi connectivity index (χ0) is 10.9. The molecule has 0 aromatic carbocycles. The number of nitro groups is 1. The van der Waals surface area contributed by atoms with E-state index in [4.69, 9.17) is 5.73 Å². The summed E-state index contributed by atoms with van der Waals surface area (Å²) in [5, 5.41) is 10.5. The summed E-state index contributed by atoms with van der Waals surface area (Å²) in [6.07, 6.45) is 0. The van der Waals surface area contributed by atoms with Crippen LogP contribution in [0.2, 0.25) is 0 Å². The molecule has 0 saturated heterocycles. The van der Waals surface area contributed by atoms with E-state index >= 15 is 0 Å². The quantitative estimate of drug-likeness (QED) is 0.636. The Morgan fingerprint density at radius 3 is 2.64 bits per heavy atom. The molecule has 0 fully saturated rings. The number of nitrogens with two attached hydrogens (primary N) is 1. The molecule has 6 nitrogen and oxygen atoms in total. The second-order valence-electron chi connectivity index (χ2n) is 2.54. The smallest absolute Gasteiger partial charge is 0.304 e. The lowest BCUT2D eigenvalue weighted by molar-refractivity contribution is -0.386. The second-order valence-corrected chi connectivity index (χ2v) is 3.40. The number of rotatable bonds is 2. The highest BCUT2D eigenvalue weighted by molar-refractivity contribution is 9.10. The van der Waals surface area contributed by atoms with E-state index in [1.165, 1.54) is 13.0 Å². The first kappa shape index (κ1) is 10.6. The van der Waals surface area contributed by atoms with Gasteiger partial charge in [-0.1, -0.05) is 0 Å². The topological polar surface area (TPSA) is 99.1 Å². The van der Waals surface area contributed by atoms with Crippen molar-refractivity contribution in [1.29, 1.82) is 0 Å². The number of carbonyl (C=O) groups excluding carboxylic acids is 1. The monoisotopic (exact) mass is 259 g/mol. The molecule has 1 amide bonds. The fourth-order valence-electron chi connectivity index (χ4n) is 0.973. The van der Waals surface area contributed by atoms with Gasteiger partial charge >= 0.3 is 5.69 Å². The minimum Gasteiger partial charge on any atom is -0.364 e. The van der Waals surface area contributed by atoms with E-state index < -0.39 is 10.8 Å². The van der Waals surface area contributed by atoms with Crippen LogP contribution in [0.15, 0.2) is 10.5 Å². The fraction of sp³-hybridized carbons (Fsp3) is 0.143. The van der Waals surface area contributed by atoms with E-state index in [1.54, 1.807) is 0 Å². The standard InChI is InChI=1S/C7H6BrN3O3/c1-3-6(11(13)14)4(8)2-5(10-3)7(9)12/h2H,1H3,(H2,9,12). The third kappa shape index (κ3) is 1.87. The van der Waals surface area contributed by atoms with Gasteiger partial charge in [-0.3, -0.25) is 14.9 Å². The third-order valence-corrected chi connectivity index (χ3v) is 2.16. The molecule has 74 valence electrons. The van der Waals surface area contributed by atoms with Gasteiger partial charge in [0.15, 0.2) is 0 Å². The van der Waals surface area contributed by atoms with Crippen LogP contribution < -0.4 is 5.73 Å². The molecule has 0 aliphatic rings. The van der Waals surface area contributed by atoms with Gasteiger partial charge in [0.05, 0.1) is 9.40 Å². The normalized spacial score (nSPS) is 9.86. The van der Waals surface area contributed by atoms with E-state index in [-0.39, 0.29) is 21.5 Å². The summed E-state index contributed by atoms with van der Waals surface area (Å²) in [6, 6.07) is 1.23. The first-order valence-electron chi connectivity index (χ1n) is 3.55. The number of aromatic nitrogens is 1. The van der Waals surface area contributed by atoms with E-state index in [9.17, 15) is 14.9 Å². The van der Waals surface area contributed by atoms with Crippen molar-refractivity contribution < 1.29 is 9.72 Å². The average Bonchev–Trinajstić information content (AvgIpc) is 2.01. The Bertz CT molecular complexity index is 396. The first-order chi connectivity index (χ1) is 6.43. The zero-order valence-corrected chi connectivity index (χ0v) is 8.74. The van der Waals surface area contributed by atoms with Crippen LogP contribution in [0.1, 0.15) is 16.2 Å². The molecule has 1 heterocycles. The van der Waals surface area contributed by atoms with E-state index in [1.807, 2.05) is 0 Å². The van der Waals surface area contributed by atoms with Crippen LogP contribution in [-0.2, 0) is 0 Å². The van der Waals surface area contributed by atoms with Gasteiger partial charge in [-0.25, -0.2) is 4.98 Å². The molecule has 0 aliphatic heterocycles. The molecule has 1 aromatic heterocycles. The highest BCUT2D eigenvalue weighted by atomic mass is 79.9. The van der Waals surface area contributed by atoms with Gasteiger partial charge in [0.25, 0.3) is 5.91 Å². The number of primary amides is 1. The molecular formula is C7H6BrN3O3. The highest BCUT2D eigenvalue weighted by Gasteiger charge is 2.19. The number of halogens is 1. The maximum absolute atomic E-state index is 10.8. The zero-order valence-electron chi connectivity index (χ0n) is 7.15. The molecule has 0 saturated carbocycles. The maximum atomic E-state index is 10.8. The number of hydrogen-bond acceptors (Lipinski definition) is 4. The van der Waals surface area contributed by atoms with Gasteiger partial charge in [0, 0.05) is 0 Å². The van der Waals surface area contributed by atoms with Crippen LogP contribution >= 0.6 is 15.9 Å². The lowest BCUT2D eigenvalue weighted by Gasteiger charge is -2.01. The van der Waals surface area contributed by atoms with Crippen LogP contribution in [0.5, 0.6) is 0 Å². The first-order valence-corrected chi connectivity index (χ1v) is 4.34. The molecule has 0 atom stereocenters. The average molecular weight is 260 g/mol. The van der Waals surface area contributed by atoms with Crippen LogP contribution in [0.3, 0.4) is 0 Å². The van der Waals surface area contributed by atoms with Gasteiger partial charge in [0.1, 0.15) is 11.4 Å². The SMILES string of the molecule is Cc1nc(C(N)=O)cc(Br)c1[N+](=O)[O-]. The molecule has 14 heavy (non-hydrogen) atoms. The molecule has 0 radical (unpaired) electrons. The third-order valence-electron chi connectivity index (χ3n) is 1.56. The molecular weight excluding hydrogens is 254 g/mol. The molecule has 1 rings (SSSR count). The van der Waals surface area contributed by atoms with Crippen molar-refractivity contribution in [3.8, 4) is 0 Å². The van der Waals surface area contributed by atoms with Crippen LogP contribution in [0.25, 0.3) is 0 Å². The molecule has 2 N–H and O–H groups in total. The molecule has 1 aromatic rings. The minimum atomic E-state index is -0.719. The van der Waals surface area contributed by atoms with Crippen molar-refractivity contribution in [2.24, 2.45) is 5.73 Å². The second kappa shape index (κ2) is 3.70. The Morgan fingerprint density at radius 1 is 1.71 bits per heavy atom. The van der Waals surface area contributed by atoms with E-state index in [0.717, 1.165) is 0 Å². The van der Waals surface area contributed by atoms with Gasteiger partial charge < -0.3 is 5.73 Å². The molecule has 0 aliphatic carbocycles. The summed E-state index contributed by atoms with van der Waals surface area (Å²) in [7, 11) is 0. The number of amides is 1. The van der Waals surface area contributed by atoms with E-state index in [0.29, 0.717) is 0 Å². The van der Waals surface area contributed by atoms with Crippen molar-refractivity contribution in [2.75, 3.05) is 0 Å². The van der Waals surface area contributed by atoms with Gasteiger partial charge in [-0.15, -0.1) is 0 Å². The fourth-order valence-corrected chi connectivity index (χ4v) is 1.62. The Hall–Kier alpha value is -1.50. The van der Waals surface area contributed by atoms with Gasteiger partial charge in [-0.2, -0.15) is 0 Å². The van der Waals surface area contributed by atoms with Crippen LogP contribution in [0, 0.1) is 17.0 Å². The van der Waals surface area contributed by atoms with E-state index in [2.05, 4.69) is 20.9 Å². The summed E-state index contributed by atoms with van der Waals surface area (Å²) < 4.78 is 0.198. The number of carbonyl (C=O) groups is 1. The van der Waals surface area contributed by atoms with Crippen molar-refractivity contribution in [3.63, 3.8) is 0 Å². The number of hydrogen-bond donors (Lipinski definition) is 1. The lowest BCUT2D eigenvalue weighted by atomic mass is 10.2. The van der Waals surface area contributed by atoms with Crippen LogP contribution in [0.4, 0.5) is 5.69 Å². The Balaban J connectivity index is 3.39. The van der Waals surface area contributed by atoms with Crippen LogP contribution in [-0.4, -0.2) is 15.8 Å². The number of pyridine rings is 1. The summed E-state index contributed by atoms with van der Waals surface area (Å²) >= 11 is 2.98. The Kier molecular flexibility index (Phi) is 2.80. The Morgan fingerprint density at radius 2 is 2.29 bits per heavy atom. The molecule has 0 unspecified atom stereocenters. The van der Waals surface area contributed by atoms with Crippen molar-refractivity contribution in [2.45, 2.75) is 6.92 Å². The van der Waals surface area contributed by atoms with Gasteiger partial charge in [0.2, 0.25) is 0 Å². The van der Waals surface area contributed by atoms with Crippen molar-refractivity contribution in [1.82, 2.24) is 4.98 Å². The maximum Gasteiger partial charge on any atom is 0.304 e.